The van der Waals surface area contributed by atoms with Crippen LogP contribution < -0.4 is 5.32 Å². The molecule has 3 aliphatic rings. The first-order chi connectivity index (χ1) is 11.2. The van der Waals surface area contributed by atoms with Gasteiger partial charge in [0, 0.05) is 18.0 Å². The van der Waals surface area contributed by atoms with Crippen LogP contribution in [0.1, 0.15) is 37.7 Å². The van der Waals surface area contributed by atoms with E-state index in [0.29, 0.717) is 12.3 Å². The summed E-state index contributed by atoms with van der Waals surface area (Å²) in [6.07, 6.45) is 4.84. The van der Waals surface area contributed by atoms with Crippen molar-refractivity contribution in [3.8, 4) is 0 Å². The monoisotopic (exact) mass is 311 g/mol. The van der Waals surface area contributed by atoms with Gasteiger partial charge in [-0.3, -0.25) is 9.59 Å². The fraction of sp³-hybridized carbons (Fsp3) is 0.500. The van der Waals surface area contributed by atoms with Crippen LogP contribution in [-0.2, 0) is 9.59 Å². The molecule has 2 heterocycles. The zero-order valence-electron chi connectivity index (χ0n) is 13.1. The van der Waals surface area contributed by atoms with Gasteiger partial charge in [0.2, 0.25) is 5.91 Å². The summed E-state index contributed by atoms with van der Waals surface area (Å²) < 4.78 is 0. The Bertz CT molecular complexity index is 666. The van der Waals surface area contributed by atoms with E-state index in [4.69, 9.17) is 4.99 Å². The van der Waals surface area contributed by atoms with Crippen LogP contribution >= 0.6 is 0 Å². The van der Waals surface area contributed by atoms with Crippen LogP contribution in [0.25, 0.3) is 0 Å². The fourth-order valence-corrected chi connectivity index (χ4v) is 3.69. The third kappa shape index (κ3) is 2.54. The molecule has 2 fully saturated rings. The van der Waals surface area contributed by atoms with Crippen molar-refractivity contribution >= 4 is 17.5 Å². The lowest BCUT2D eigenvalue weighted by Crippen LogP contribution is -2.57. The molecule has 23 heavy (non-hydrogen) atoms. The van der Waals surface area contributed by atoms with Gasteiger partial charge in [-0.05, 0) is 25.7 Å². The first-order valence-electron chi connectivity index (χ1n) is 8.43. The number of nitrogens with zero attached hydrogens (tertiary/aromatic N) is 2. The van der Waals surface area contributed by atoms with Crippen molar-refractivity contribution < 1.29 is 9.59 Å². The summed E-state index contributed by atoms with van der Waals surface area (Å²) in [4.78, 5) is 31.5. The predicted octanol–water partition coefficient (Wildman–Crippen LogP) is 1.72. The van der Waals surface area contributed by atoms with Crippen molar-refractivity contribution in [3.05, 3.63) is 35.9 Å². The highest BCUT2D eigenvalue weighted by Crippen LogP contribution is 2.32. The SMILES string of the molecule is O=C1N[C@]2(CCCN(C(=O)C3CCC3)C2)N=C1c1ccccc1. The van der Waals surface area contributed by atoms with Crippen molar-refractivity contribution in [2.45, 2.75) is 37.8 Å². The second kappa shape index (κ2) is 5.48. The third-order valence-electron chi connectivity index (χ3n) is 5.17. The van der Waals surface area contributed by atoms with Gasteiger partial charge in [0.15, 0.2) is 5.66 Å². The molecule has 1 N–H and O–H groups in total. The van der Waals surface area contributed by atoms with Crippen molar-refractivity contribution in [3.63, 3.8) is 0 Å². The summed E-state index contributed by atoms with van der Waals surface area (Å²) in [6, 6.07) is 9.54. The van der Waals surface area contributed by atoms with E-state index in [9.17, 15) is 9.59 Å². The maximum Gasteiger partial charge on any atom is 0.272 e. The summed E-state index contributed by atoms with van der Waals surface area (Å²) in [6.45, 7) is 1.29. The Hall–Kier alpha value is -2.17. The minimum atomic E-state index is -0.625. The summed E-state index contributed by atoms with van der Waals surface area (Å²) >= 11 is 0. The average molecular weight is 311 g/mol. The van der Waals surface area contributed by atoms with Crippen LogP contribution in [0.5, 0.6) is 0 Å². The number of nitrogens with one attached hydrogen (secondary N) is 1. The number of benzene rings is 1. The summed E-state index contributed by atoms with van der Waals surface area (Å²) in [5.74, 6) is 0.307. The van der Waals surface area contributed by atoms with Gasteiger partial charge < -0.3 is 10.2 Å². The minimum Gasteiger partial charge on any atom is -0.338 e. The largest absolute Gasteiger partial charge is 0.338 e. The lowest BCUT2D eigenvalue weighted by atomic mass is 9.83. The van der Waals surface area contributed by atoms with Crippen LogP contribution in [0.3, 0.4) is 0 Å². The number of aliphatic imine (C=N–C) groups is 1. The molecular formula is C18H21N3O2. The zero-order valence-corrected chi connectivity index (χ0v) is 13.1. The van der Waals surface area contributed by atoms with E-state index in [2.05, 4.69) is 5.32 Å². The molecule has 0 aromatic heterocycles. The van der Waals surface area contributed by atoms with Crippen LogP contribution in [0, 0.1) is 5.92 Å². The second-order valence-electron chi connectivity index (χ2n) is 6.80. The highest BCUT2D eigenvalue weighted by atomic mass is 16.2. The number of rotatable bonds is 2. The van der Waals surface area contributed by atoms with Crippen molar-refractivity contribution in [2.24, 2.45) is 10.9 Å². The first kappa shape index (κ1) is 14.4. The molecular weight excluding hydrogens is 290 g/mol. The van der Waals surface area contributed by atoms with Crippen molar-refractivity contribution in [1.82, 2.24) is 10.2 Å². The van der Waals surface area contributed by atoms with E-state index < -0.39 is 5.66 Å². The molecule has 1 aromatic carbocycles. The number of carbonyl (C=O) groups is 2. The number of amides is 2. The van der Waals surface area contributed by atoms with Gasteiger partial charge in [-0.15, -0.1) is 0 Å². The van der Waals surface area contributed by atoms with Gasteiger partial charge in [0.05, 0.1) is 6.54 Å². The lowest BCUT2D eigenvalue weighted by molar-refractivity contribution is -0.141. The number of likely N-dealkylation sites (tertiary alicyclic amines) is 1. The molecule has 1 saturated heterocycles. The Balaban J connectivity index is 1.57. The Morgan fingerprint density at radius 2 is 2.00 bits per heavy atom. The van der Waals surface area contributed by atoms with Crippen LogP contribution in [0.15, 0.2) is 35.3 Å². The highest BCUT2D eigenvalue weighted by molar-refractivity contribution is 6.46. The molecule has 2 aliphatic heterocycles. The van der Waals surface area contributed by atoms with Crippen molar-refractivity contribution in [1.29, 1.82) is 0 Å². The third-order valence-corrected chi connectivity index (χ3v) is 5.17. The predicted molar refractivity (Wildman–Crippen MR) is 87.0 cm³/mol. The highest BCUT2D eigenvalue weighted by Gasteiger charge is 2.45. The van der Waals surface area contributed by atoms with Gasteiger partial charge in [-0.2, -0.15) is 0 Å². The molecule has 4 rings (SSSR count). The number of hydrogen-bond donors (Lipinski definition) is 1. The van der Waals surface area contributed by atoms with Gasteiger partial charge in [0.1, 0.15) is 5.71 Å². The number of piperidine rings is 1. The number of hydrogen-bond acceptors (Lipinski definition) is 3. The van der Waals surface area contributed by atoms with Gasteiger partial charge in [0.25, 0.3) is 5.91 Å². The molecule has 0 unspecified atom stereocenters. The maximum atomic E-state index is 12.5. The first-order valence-corrected chi connectivity index (χ1v) is 8.43. The molecule has 2 amide bonds. The van der Waals surface area contributed by atoms with Crippen LogP contribution in [-0.4, -0.2) is 41.2 Å². The molecule has 120 valence electrons. The van der Waals surface area contributed by atoms with Gasteiger partial charge in [-0.1, -0.05) is 36.8 Å². The quantitative estimate of drug-likeness (QED) is 0.904. The standard InChI is InChI=1S/C18H21N3O2/c22-16-15(13-6-2-1-3-7-13)19-18(20-16)10-5-11-21(12-18)17(23)14-8-4-9-14/h1-3,6-7,14H,4-5,8-12H2,(H,20,22)/t18-/m0/s1. The molecule has 1 aromatic rings. The fourth-order valence-electron chi connectivity index (χ4n) is 3.69. The molecule has 5 nitrogen and oxygen atoms in total. The Morgan fingerprint density at radius 3 is 2.70 bits per heavy atom. The molecule has 0 radical (unpaired) electrons. The summed E-state index contributed by atoms with van der Waals surface area (Å²) in [7, 11) is 0. The summed E-state index contributed by atoms with van der Waals surface area (Å²) in [5.41, 5.74) is 0.702. The smallest absolute Gasteiger partial charge is 0.272 e. The maximum absolute atomic E-state index is 12.5. The second-order valence-corrected chi connectivity index (χ2v) is 6.80. The van der Waals surface area contributed by atoms with E-state index in [1.165, 1.54) is 0 Å². The van der Waals surface area contributed by atoms with Crippen molar-refractivity contribution in [2.75, 3.05) is 13.1 Å². The van der Waals surface area contributed by atoms with E-state index in [0.717, 1.165) is 44.2 Å². The minimum absolute atomic E-state index is 0.130. The van der Waals surface area contributed by atoms with Crippen LogP contribution in [0.4, 0.5) is 0 Å². The van der Waals surface area contributed by atoms with Gasteiger partial charge >= 0.3 is 0 Å². The molecule has 5 heteroatoms. The van der Waals surface area contributed by atoms with E-state index >= 15 is 0 Å². The Kier molecular flexibility index (Phi) is 3.43. The molecule has 1 aliphatic carbocycles. The van der Waals surface area contributed by atoms with E-state index in [-0.39, 0.29) is 17.7 Å². The van der Waals surface area contributed by atoms with E-state index in [1.54, 1.807) is 0 Å². The zero-order chi connectivity index (χ0) is 15.9. The molecule has 1 saturated carbocycles. The summed E-state index contributed by atoms with van der Waals surface area (Å²) in [5, 5.41) is 3.04. The lowest BCUT2D eigenvalue weighted by Gasteiger charge is -2.40. The van der Waals surface area contributed by atoms with Crippen LogP contribution in [0.2, 0.25) is 0 Å². The topological polar surface area (TPSA) is 61.8 Å². The molecule has 1 spiro atoms. The Morgan fingerprint density at radius 1 is 1.22 bits per heavy atom. The van der Waals surface area contributed by atoms with E-state index in [1.807, 2.05) is 35.2 Å². The Labute approximate surface area is 135 Å². The van der Waals surface area contributed by atoms with Gasteiger partial charge in [-0.25, -0.2) is 4.99 Å². The molecule has 1 atom stereocenters. The molecule has 0 bridgehead atoms. The average Bonchev–Trinajstić information content (AvgIpc) is 2.82. The number of carbonyl (C=O) groups excluding carboxylic acids is 2. The normalized spacial score (nSPS) is 27.6.